The van der Waals surface area contributed by atoms with Gasteiger partial charge in [-0.3, -0.25) is 4.57 Å². The van der Waals surface area contributed by atoms with Gasteiger partial charge in [0.15, 0.2) is 17.2 Å². The number of nitrogens with zero attached hydrogens (tertiary/aromatic N) is 3. The van der Waals surface area contributed by atoms with Gasteiger partial charge in [-0.25, -0.2) is 9.97 Å². The first kappa shape index (κ1) is 27.2. The van der Waals surface area contributed by atoms with Gasteiger partial charge in [0.2, 0.25) is 0 Å². The number of hydrogen-bond acceptors (Lipinski definition) is 3. The summed E-state index contributed by atoms with van der Waals surface area (Å²) in [6, 6.07) is 57.9. The lowest BCUT2D eigenvalue weighted by atomic mass is 10.0. The lowest BCUT2D eigenvalue weighted by Crippen LogP contribution is -2.02. The van der Waals surface area contributed by atoms with Crippen molar-refractivity contribution in [3.63, 3.8) is 0 Å². The molecule has 4 heteroatoms. The number of rotatable bonds is 3. The van der Waals surface area contributed by atoms with E-state index in [1.54, 1.807) is 0 Å². The molecule has 0 unspecified atom stereocenters. The van der Waals surface area contributed by atoms with Crippen LogP contribution in [0.15, 0.2) is 168 Å². The van der Waals surface area contributed by atoms with Crippen LogP contribution in [0, 0.1) is 0 Å². The summed E-state index contributed by atoms with van der Waals surface area (Å²) in [5.41, 5.74) is 7.67. The molecule has 11 aromatic rings. The molecule has 3 aromatic heterocycles. The van der Waals surface area contributed by atoms with Gasteiger partial charge >= 0.3 is 0 Å². The highest BCUT2D eigenvalue weighted by atomic mass is 16.3. The molecule has 0 aliphatic carbocycles. The van der Waals surface area contributed by atoms with E-state index in [1.807, 2.05) is 0 Å². The van der Waals surface area contributed by atoms with E-state index < -0.39 is 0 Å². The van der Waals surface area contributed by atoms with Crippen molar-refractivity contribution in [1.29, 1.82) is 0 Å². The first-order valence-electron chi connectivity index (χ1n) is 16.9. The maximum absolute atomic E-state index is 6.85. The maximum Gasteiger partial charge on any atom is 0.197 e. The third-order valence-electron chi connectivity index (χ3n) is 10.2. The van der Waals surface area contributed by atoms with Gasteiger partial charge in [0.25, 0.3) is 0 Å². The van der Waals surface area contributed by atoms with Crippen LogP contribution in [0.4, 0.5) is 0 Å². The summed E-state index contributed by atoms with van der Waals surface area (Å²) in [5.74, 6) is 1.38. The van der Waals surface area contributed by atoms with Crippen molar-refractivity contribution in [2.75, 3.05) is 0 Å². The molecule has 11 rings (SSSR count). The smallest absolute Gasteiger partial charge is 0.197 e. The Hall–Kier alpha value is -6.78. The Bertz CT molecular complexity index is 3150. The fourth-order valence-electron chi connectivity index (χ4n) is 7.83. The number of furan rings is 1. The van der Waals surface area contributed by atoms with Crippen LogP contribution >= 0.6 is 0 Å². The molecule has 8 aromatic carbocycles. The first-order chi connectivity index (χ1) is 24.8. The van der Waals surface area contributed by atoms with Gasteiger partial charge in [0.1, 0.15) is 11.1 Å². The average Bonchev–Trinajstić information content (AvgIpc) is 3.71. The molecule has 0 saturated carbocycles. The van der Waals surface area contributed by atoms with Crippen molar-refractivity contribution < 1.29 is 4.42 Å². The zero-order valence-corrected chi connectivity index (χ0v) is 26.8. The Labute approximate surface area is 286 Å². The molecule has 0 N–H and O–H groups in total. The zero-order valence-electron chi connectivity index (χ0n) is 26.8. The van der Waals surface area contributed by atoms with Gasteiger partial charge in [-0.15, -0.1) is 0 Å². The molecule has 232 valence electrons. The largest absolute Gasteiger partial charge is 0.450 e. The van der Waals surface area contributed by atoms with Crippen LogP contribution in [-0.4, -0.2) is 14.5 Å². The monoisotopic (exact) mass is 637 g/mol. The molecule has 0 saturated heterocycles. The molecule has 0 radical (unpaired) electrons. The summed E-state index contributed by atoms with van der Waals surface area (Å²) >= 11 is 0. The summed E-state index contributed by atoms with van der Waals surface area (Å²) in [6.07, 6.45) is 0. The second-order valence-electron chi connectivity index (χ2n) is 13.0. The van der Waals surface area contributed by atoms with Gasteiger partial charge in [0, 0.05) is 21.7 Å². The molecule has 50 heavy (non-hydrogen) atoms. The Morgan fingerprint density at radius 2 is 1.14 bits per heavy atom. The first-order valence-corrected chi connectivity index (χ1v) is 16.9. The Balaban J connectivity index is 1.33. The molecule has 0 aliphatic rings. The van der Waals surface area contributed by atoms with Crippen LogP contribution < -0.4 is 0 Å². The van der Waals surface area contributed by atoms with E-state index in [0.717, 1.165) is 77.0 Å². The van der Waals surface area contributed by atoms with Gasteiger partial charge < -0.3 is 4.42 Å². The Morgan fingerprint density at radius 1 is 0.440 bits per heavy atom. The van der Waals surface area contributed by atoms with Crippen LogP contribution in [0.1, 0.15) is 0 Å². The minimum absolute atomic E-state index is 0.662. The van der Waals surface area contributed by atoms with Crippen LogP contribution in [0.5, 0.6) is 0 Å². The Morgan fingerprint density at radius 3 is 1.98 bits per heavy atom. The minimum atomic E-state index is 0.662. The van der Waals surface area contributed by atoms with Crippen LogP contribution in [-0.2, 0) is 0 Å². The summed E-state index contributed by atoms with van der Waals surface area (Å²) in [6.45, 7) is 0. The molecular formula is C46H27N3O. The van der Waals surface area contributed by atoms with E-state index in [2.05, 4.69) is 168 Å². The van der Waals surface area contributed by atoms with Gasteiger partial charge in [-0.2, -0.15) is 0 Å². The van der Waals surface area contributed by atoms with E-state index >= 15 is 0 Å². The third kappa shape index (κ3) is 3.93. The van der Waals surface area contributed by atoms with Crippen molar-refractivity contribution in [3.05, 3.63) is 164 Å². The summed E-state index contributed by atoms with van der Waals surface area (Å²) in [5, 5.41) is 10.3. The second kappa shape index (κ2) is 10.4. The summed E-state index contributed by atoms with van der Waals surface area (Å²) < 4.78 is 9.14. The highest BCUT2D eigenvalue weighted by molar-refractivity contribution is 6.22. The lowest BCUT2D eigenvalue weighted by molar-refractivity contribution is 0.663. The van der Waals surface area contributed by atoms with E-state index in [4.69, 9.17) is 14.4 Å². The Kier molecular flexibility index (Phi) is 5.63. The maximum atomic E-state index is 6.85. The summed E-state index contributed by atoms with van der Waals surface area (Å²) in [4.78, 5) is 10.8. The number of benzene rings is 8. The van der Waals surface area contributed by atoms with Crippen LogP contribution in [0.3, 0.4) is 0 Å². The molecule has 0 aliphatic heterocycles. The van der Waals surface area contributed by atoms with Crippen LogP contribution in [0.25, 0.3) is 105 Å². The predicted octanol–water partition coefficient (Wildman–Crippen LogP) is 12.3. The number of aromatic nitrogens is 3. The van der Waals surface area contributed by atoms with Crippen molar-refractivity contribution in [1.82, 2.24) is 14.5 Å². The third-order valence-corrected chi connectivity index (χ3v) is 10.2. The molecule has 4 nitrogen and oxygen atoms in total. The highest BCUT2D eigenvalue weighted by Crippen LogP contribution is 2.42. The van der Waals surface area contributed by atoms with E-state index in [9.17, 15) is 0 Å². The normalized spacial score (nSPS) is 12.0. The molecule has 0 amide bonds. The van der Waals surface area contributed by atoms with E-state index in [-0.39, 0.29) is 0 Å². The quantitative estimate of drug-likeness (QED) is 0.194. The van der Waals surface area contributed by atoms with Crippen molar-refractivity contribution in [2.24, 2.45) is 0 Å². The topological polar surface area (TPSA) is 43.9 Å². The fraction of sp³-hybridized carbons (Fsp3) is 0. The molecule has 0 fully saturated rings. The predicted molar refractivity (Wildman–Crippen MR) is 207 cm³/mol. The van der Waals surface area contributed by atoms with E-state index in [1.165, 1.54) is 16.2 Å². The molecule has 0 atom stereocenters. The number of fused-ring (bicyclic) bond motifs is 10. The van der Waals surface area contributed by atoms with Gasteiger partial charge in [-0.1, -0.05) is 140 Å². The molecular weight excluding hydrogens is 611 g/mol. The number of hydrogen-bond donors (Lipinski definition) is 0. The average molecular weight is 638 g/mol. The lowest BCUT2D eigenvalue weighted by Gasteiger charge is -2.12. The summed E-state index contributed by atoms with van der Waals surface area (Å²) in [7, 11) is 0. The van der Waals surface area contributed by atoms with Gasteiger partial charge in [-0.05, 0) is 67.7 Å². The van der Waals surface area contributed by atoms with Crippen molar-refractivity contribution >= 4 is 76.2 Å². The standard InChI is InChI=1S/C46H27N3O/c1-2-11-28(12-3-1)33-21-23-37-40(26-33)49(39-24-22-30-14-7-9-19-35(30)42(37)39)46-44-43(38-25-31-15-4-5-16-32(31)27-41(38)50-44)47-45(48-46)36-20-10-17-29-13-6-8-18-34(29)36/h1-27H. The van der Waals surface area contributed by atoms with Crippen molar-refractivity contribution in [3.8, 4) is 28.3 Å². The fourth-order valence-corrected chi connectivity index (χ4v) is 7.83. The van der Waals surface area contributed by atoms with Crippen molar-refractivity contribution in [2.45, 2.75) is 0 Å². The second-order valence-corrected chi connectivity index (χ2v) is 13.0. The molecule has 0 bridgehead atoms. The van der Waals surface area contributed by atoms with Crippen LogP contribution in [0.2, 0.25) is 0 Å². The van der Waals surface area contributed by atoms with Gasteiger partial charge in [0.05, 0.1) is 11.0 Å². The molecule has 3 heterocycles. The SMILES string of the molecule is c1ccc(-c2ccc3c4c5ccccc5ccc4n(-c4nc(-c5cccc6ccccc56)nc5c4oc4cc6ccccc6cc45)c3c2)cc1. The zero-order chi connectivity index (χ0) is 32.8. The highest BCUT2D eigenvalue weighted by Gasteiger charge is 2.24. The van der Waals surface area contributed by atoms with E-state index in [0.29, 0.717) is 11.4 Å². The molecule has 0 spiro atoms. The minimum Gasteiger partial charge on any atom is -0.450 e.